The number of ether oxygens (including phenoxy) is 1. The van der Waals surface area contributed by atoms with Crippen molar-refractivity contribution < 1.29 is 9.53 Å². The van der Waals surface area contributed by atoms with E-state index in [1.807, 2.05) is 36.4 Å². The second kappa shape index (κ2) is 7.44. The minimum absolute atomic E-state index is 0.108. The Hall–Kier alpha value is -2.10. The zero-order chi connectivity index (χ0) is 16.9. The molecule has 1 aromatic heterocycles. The molecule has 0 saturated heterocycles. The predicted octanol–water partition coefficient (Wildman–Crippen LogP) is 4.66. The molecular weight excluding hydrogens is 288 g/mol. The van der Waals surface area contributed by atoms with Gasteiger partial charge in [0.2, 0.25) is 5.88 Å². The largest absolute Gasteiger partial charge is 0.407 e. The lowest BCUT2D eigenvalue weighted by Gasteiger charge is -2.13. The van der Waals surface area contributed by atoms with Crippen LogP contribution in [0.15, 0.2) is 36.4 Å². The molecule has 4 nitrogen and oxygen atoms in total. The van der Waals surface area contributed by atoms with Crippen LogP contribution in [-0.4, -0.2) is 15.7 Å². The first-order valence-corrected chi connectivity index (χ1v) is 8.28. The van der Waals surface area contributed by atoms with E-state index in [2.05, 4.69) is 32.8 Å². The van der Waals surface area contributed by atoms with Crippen molar-refractivity contribution in [2.75, 3.05) is 0 Å². The number of hydrogen-bond acceptors (Lipinski definition) is 3. The lowest BCUT2D eigenvalue weighted by molar-refractivity contribution is -0.134. The number of nitrogens with zero attached hydrogens (tertiary/aromatic N) is 2. The van der Waals surface area contributed by atoms with Gasteiger partial charge in [0, 0.05) is 17.9 Å². The van der Waals surface area contributed by atoms with Gasteiger partial charge >= 0.3 is 5.97 Å². The molecule has 0 amide bonds. The molecule has 0 unspecified atom stereocenters. The van der Waals surface area contributed by atoms with E-state index < -0.39 is 0 Å². The summed E-state index contributed by atoms with van der Waals surface area (Å²) in [7, 11) is 0. The fourth-order valence-electron chi connectivity index (χ4n) is 2.24. The van der Waals surface area contributed by atoms with Crippen molar-refractivity contribution in [2.45, 2.75) is 58.8 Å². The van der Waals surface area contributed by atoms with Gasteiger partial charge in [0.05, 0.1) is 11.4 Å². The summed E-state index contributed by atoms with van der Waals surface area (Å²) >= 11 is 0. The Morgan fingerprint density at radius 1 is 1.17 bits per heavy atom. The van der Waals surface area contributed by atoms with Crippen molar-refractivity contribution in [2.24, 2.45) is 0 Å². The Kier molecular flexibility index (Phi) is 5.59. The van der Waals surface area contributed by atoms with Crippen LogP contribution in [0.5, 0.6) is 5.88 Å². The molecule has 1 heterocycles. The Morgan fingerprint density at radius 2 is 1.87 bits per heavy atom. The van der Waals surface area contributed by atoms with Gasteiger partial charge in [0.25, 0.3) is 0 Å². The van der Waals surface area contributed by atoms with Gasteiger partial charge in [-0.05, 0) is 18.6 Å². The van der Waals surface area contributed by atoms with Crippen LogP contribution in [0, 0.1) is 0 Å². The number of hydrogen-bond donors (Lipinski definition) is 0. The highest BCUT2D eigenvalue weighted by molar-refractivity contribution is 5.72. The molecule has 0 radical (unpaired) electrons. The van der Waals surface area contributed by atoms with E-state index >= 15 is 0 Å². The van der Waals surface area contributed by atoms with E-state index in [4.69, 9.17) is 4.74 Å². The van der Waals surface area contributed by atoms with Crippen molar-refractivity contribution in [3.63, 3.8) is 0 Å². The summed E-state index contributed by atoms with van der Waals surface area (Å²) in [5, 5.41) is 4.64. The quantitative estimate of drug-likeness (QED) is 0.575. The van der Waals surface area contributed by atoms with Crippen LogP contribution >= 0.6 is 0 Å². The zero-order valence-corrected chi connectivity index (χ0v) is 14.5. The molecule has 4 heteroatoms. The maximum Gasteiger partial charge on any atom is 0.312 e. The van der Waals surface area contributed by atoms with Gasteiger partial charge in [-0.25, -0.2) is 4.68 Å². The average Bonchev–Trinajstić information content (AvgIpc) is 2.92. The summed E-state index contributed by atoms with van der Waals surface area (Å²) in [5.41, 5.74) is 1.68. The molecule has 23 heavy (non-hydrogen) atoms. The fraction of sp³-hybridized carbons (Fsp3) is 0.474. The predicted molar refractivity (Wildman–Crippen MR) is 92.0 cm³/mol. The molecule has 0 fully saturated rings. The van der Waals surface area contributed by atoms with Gasteiger partial charge in [-0.1, -0.05) is 58.7 Å². The molecule has 0 saturated carbocycles. The number of rotatable bonds is 6. The first kappa shape index (κ1) is 17.3. The number of carbonyl (C=O) groups excluding carboxylic acids is 1. The maximum atomic E-state index is 12.1. The van der Waals surface area contributed by atoms with Crippen LogP contribution in [0.2, 0.25) is 0 Å². The first-order chi connectivity index (χ1) is 10.9. The highest BCUT2D eigenvalue weighted by Crippen LogP contribution is 2.27. The summed E-state index contributed by atoms with van der Waals surface area (Å²) in [5.74, 6) is 0.290. The lowest BCUT2D eigenvalue weighted by atomic mass is 9.93. The Morgan fingerprint density at radius 3 is 2.48 bits per heavy atom. The zero-order valence-electron chi connectivity index (χ0n) is 14.5. The van der Waals surface area contributed by atoms with Crippen LogP contribution in [0.4, 0.5) is 0 Å². The summed E-state index contributed by atoms with van der Waals surface area (Å²) in [6, 6.07) is 11.6. The van der Waals surface area contributed by atoms with E-state index in [0.717, 1.165) is 30.6 Å². The maximum absolute atomic E-state index is 12.1. The fourth-order valence-corrected chi connectivity index (χ4v) is 2.24. The second-order valence-electron chi connectivity index (χ2n) is 6.80. The minimum atomic E-state index is -0.198. The molecule has 0 aliphatic heterocycles. The summed E-state index contributed by atoms with van der Waals surface area (Å²) < 4.78 is 7.29. The smallest absolute Gasteiger partial charge is 0.312 e. The van der Waals surface area contributed by atoms with Crippen molar-refractivity contribution in [1.29, 1.82) is 0 Å². The molecule has 0 aliphatic carbocycles. The monoisotopic (exact) mass is 314 g/mol. The van der Waals surface area contributed by atoms with Crippen LogP contribution in [0.25, 0.3) is 5.69 Å². The van der Waals surface area contributed by atoms with Gasteiger partial charge in [0.15, 0.2) is 0 Å². The van der Waals surface area contributed by atoms with Gasteiger partial charge < -0.3 is 4.74 Å². The highest BCUT2D eigenvalue weighted by atomic mass is 16.5. The number of unbranched alkanes of at least 4 members (excludes halogenated alkanes) is 2. The van der Waals surface area contributed by atoms with Crippen LogP contribution < -0.4 is 4.74 Å². The number of carbonyl (C=O) groups is 1. The van der Waals surface area contributed by atoms with Crippen LogP contribution in [0.1, 0.15) is 59.1 Å². The highest BCUT2D eigenvalue weighted by Gasteiger charge is 2.22. The molecule has 0 bridgehead atoms. The van der Waals surface area contributed by atoms with Crippen molar-refractivity contribution >= 4 is 5.97 Å². The van der Waals surface area contributed by atoms with Crippen molar-refractivity contribution in [3.05, 3.63) is 42.1 Å². The van der Waals surface area contributed by atoms with Gasteiger partial charge in [0.1, 0.15) is 0 Å². The van der Waals surface area contributed by atoms with Crippen molar-refractivity contribution in [1.82, 2.24) is 9.78 Å². The van der Waals surface area contributed by atoms with Crippen LogP contribution in [-0.2, 0) is 10.2 Å². The molecule has 0 N–H and O–H groups in total. The number of aromatic nitrogens is 2. The third kappa shape index (κ3) is 4.68. The molecule has 2 rings (SSSR count). The standard InChI is InChI=1S/C19H26N2O2/c1-5-6-8-13-18(22)23-17-14-16(19(2,3)4)20-21(17)15-11-9-7-10-12-15/h7,9-12,14H,5-6,8,13H2,1-4H3. The normalized spacial score (nSPS) is 11.5. The van der Waals surface area contributed by atoms with E-state index in [-0.39, 0.29) is 11.4 Å². The molecule has 0 aliphatic rings. The van der Waals surface area contributed by atoms with Gasteiger partial charge in [-0.15, -0.1) is 0 Å². The van der Waals surface area contributed by atoms with E-state index in [1.165, 1.54) is 0 Å². The van der Waals surface area contributed by atoms with Crippen LogP contribution in [0.3, 0.4) is 0 Å². The van der Waals surface area contributed by atoms with Gasteiger partial charge in [-0.3, -0.25) is 4.79 Å². The van der Waals surface area contributed by atoms with E-state index in [1.54, 1.807) is 4.68 Å². The molecular formula is C19H26N2O2. The molecule has 124 valence electrons. The molecule has 0 spiro atoms. The lowest BCUT2D eigenvalue weighted by Crippen LogP contribution is -2.12. The van der Waals surface area contributed by atoms with E-state index in [0.29, 0.717) is 12.3 Å². The van der Waals surface area contributed by atoms with Crippen molar-refractivity contribution in [3.8, 4) is 11.6 Å². The Labute approximate surface area is 138 Å². The minimum Gasteiger partial charge on any atom is -0.407 e. The summed E-state index contributed by atoms with van der Waals surface area (Å²) in [4.78, 5) is 12.1. The Bertz CT molecular complexity index is 639. The van der Waals surface area contributed by atoms with E-state index in [9.17, 15) is 4.79 Å². The number of para-hydroxylation sites is 1. The Balaban J connectivity index is 2.26. The third-order valence-electron chi connectivity index (χ3n) is 3.65. The molecule has 1 aromatic carbocycles. The summed E-state index contributed by atoms with van der Waals surface area (Å²) in [6.45, 7) is 8.40. The first-order valence-electron chi connectivity index (χ1n) is 8.28. The van der Waals surface area contributed by atoms with Gasteiger partial charge in [-0.2, -0.15) is 5.10 Å². The molecule has 2 aromatic rings. The third-order valence-corrected chi connectivity index (χ3v) is 3.65. The SMILES string of the molecule is CCCCCC(=O)Oc1cc(C(C)(C)C)nn1-c1ccccc1. The number of esters is 1. The number of benzene rings is 1. The summed E-state index contributed by atoms with van der Waals surface area (Å²) in [6.07, 6.45) is 3.43. The second-order valence-corrected chi connectivity index (χ2v) is 6.80. The average molecular weight is 314 g/mol. The topological polar surface area (TPSA) is 44.1 Å². The molecule has 0 atom stereocenters.